The number of hydrogen-bond donors (Lipinski definition) is 1. The standard InChI is InChI=1S/C11H22N2/c1-9(2)13-8-4-6-11(13)10-5-3-7-12-10/h9-12H,3-8H2,1-2H3/t10-,11-/m0/s1. The van der Waals surface area contributed by atoms with Crippen LogP contribution in [-0.4, -0.2) is 36.1 Å². The minimum absolute atomic E-state index is 0.731. The van der Waals surface area contributed by atoms with E-state index in [0.717, 1.165) is 18.1 Å². The van der Waals surface area contributed by atoms with Crippen molar-refractivity contribution in [3.63, 3.8) is 0 Å². The molecule has 0 aromatic heterocycles. The van der Waals surface area contributed by atoms with Gasteiger partial charge in [0.2, 0.25) is 0 Å². The van der Waals surface area contributed by atoms with Crippen molar-refractivity contribution in [2.45, 2.75) is 57.7 Å². The molecule has 76 valence electrons. The van der Waals surface area contributed by atoms with Crippen molar-refractivity contribution in [1.82, 2.24) is 10.2 Å². The molecule has 2 atom stereocenters. The van der Waals surface area contributed by atoms with Gasteiger partial charge in [0.25, 0.3) is 0 Å². The lowest BCUT2D eigenvalue weighted by Crippen LogP contribution is -2.46. The molecule has 0 aliphatic carbocycles. The third kappa shape index (κ3) is 1.89. The molecule has 2 heteroatoms. The number of rotatable bonds is 2. The van der Waals surface area contributed by atoms with Crippen LogP contribution in [0.2, 0.25) is 0 Å². The maximum atomic E-state index is 3.64. The van der Waals surface area contributed by atoms with Gasteiger partial charge in [-0.25, -0.2) is 0 Å². The highest BCUT2D eigenvalue weighted by atomic mass is 15.2. The second-order valence-electron chi connectivity index (χ2n) is 4.74. The summed E-state index contributed by atoms with van der Waals surface area (Å²) >= 11 is 0. The lowest BCUT2D eigenvalue weighted by Gasteiger charge is -2.32. The van der Waals surface area contributed by atoms with Crippen LogP contribution in [0.1, 0.15) is 39.5 Å². The summed E-state index contributed by atoms with van der Waals surface area (Å²) in [4.78, 5) is 2.68. The van der Waals surface area contributed by atoms with E-state index in [1.165, 1.54) is 38.8 Å². The summed E-state index contributed by atoms with van der Waals surface area (Å²) in [6, 6.07) is 2.36. The van der Waals surface area contributed by atoms with Gasteiger partial charge >= 0.3 is 0 Å². The third-order valence-corrected chi connectivity index (χ3v) is 3.57. The van der Waals surface area contributed by atoms with Crippen molar-refractivity contribution >= 4 is 0 Å². The zero-order valence-corrected chi connectivity index (χ0v) is 8.92. The third-order valence-electron chi connectivity index (χ3n) is 3.57. The summed E-state index contributed by atoms with van der Waals surface area (Å²) in [7, 11) is 0. The zero-order chi connectivity index (χ0) is 9.26. The van der Waals surface area contributed by atoms with E-state index in [-0.39, 0.29) is 0 Å². The molecule has 2 aliphatic rings. The van der Waals surface area contributed by atoms with Gasteiger partial charge in [-0.2, -0.15) is 0 Å². The van der Waals surface area contributed by atoms with Crippen molar-refractivity contribution in [2.75, 3.05) is 13.1 Å². The van der Waals surface area contributed by atoms with Crippen molar-refractivity contribution < 1.29 is 0 Å². The molecule has 2 rings (SSSR count). The summed E-state index contributed by atoms with van der Waals surface area (Å²) in [5, 5.41) is 3.64. The highest BCUT2D eigenvalue weighted by Gasteiger charge is 2.33. The van der Waals surface area contributed by atoms with Gasteiger partial charge in [0.1, 0.15) is 0 Å². The van der Waals surface area contributed by atoms with Gasteiger partial charge in [-0.1, -0.05) is 0 Å². The lowest BCUT2D eigenvalue weighted by molar-refractivity contribution is 0.173. The van der Waals surface area contributed by atoms with Crippen LogP contribution in [-0.2, 0) is 0 Å². The van der Waals surface area contributed by atoms with E-state index in [4.69, 9.17) is 0 Å². The highest BCUT2D eigenvalue weighted by molar-refractivity contribution is 4.92. The second-order valence-corrected chi connectivity index (χ2v) is 4.74. The predicted octanol–water partition coefficient (Wildman–Crippen LogP) is 1.61. The van der Waals surface area contributed by atoms with Crippen LogP contribution in [0.25, 0.3) is 0 Å². The maximum absolute atomic E-state index is 3.64. The molecule has 2 aliphatic heterocycles. The average molecular weight is 182 g/mol. The fraction of sp³-hybridized carbons (Fsp3) is 1.00. The van der Waals surface area contributed by atoms with Crippen LogP contribution >= 0.6 is 0 Å². The molecule has 2 heterocycles. The largest absolute Gasteiger partial charge is 0.312 e. The predicted molar refractivity (Wildman–Crippen MR) is 55.9 cm³/mol. The Hall–Kier alpha value is -0.0800. The molecule has 2 saturated heterocycles. The zero-order valence-electron chi connectivity index (χ0n) is 8.92. The van der Waals surface area contributed by atoms with Crippen LogP contribution in [0.5, 0.6) is 0 Å². The van der Waals surface area contributed by atoms with Gasteiger partial charge in [-0.3, -0.25) is 4.90 Å². The number of hydrogen-bond acceptors (Lipinski definition) is 2. The summed E-state index contributed by atoms with van der Waals surface area (Å²) < 4.78 is 0. The van der Waals surface area contributed by atoms with Gasteiger partial charge in [-0.05, 0) is 52.6 Å². The quantitative estimate of drug-likeness (QED) is 0.698. The molecule has 2 fully saturated rings. The Bertz CT molecular complexity index is 161. The Morgan fingerprint density at radius 2 is 2.08 bits per heavy atom. The lowest BCUT2D eigenvalue weighted by atomic mass is 10.0. The number of nitrogens with zero attached hydrogens (tertiary/aromatic N) is 1. The monoisotopic (exact) mass is 182 g/mol. The molecular weight excluding hydrogens is 160 g/mol. The van der Waals surface area contributed by atoms with E-state index in [9.17, 15) is 0 Å². The summed E-state index contributed by atoms with van der Waals surface area (Å²) in [6.07, 6.45) is 5.60. The molecule has 0 bridgehead atoms. The Kier molecular flexibility index (Phi) is 2.89. The van der Waals surface area contributed by atoms with Crippen molar-refractivity contribution in [3.05, 3.63) is 0 Å². The van der Waals surface area contributed by atoms with Crippen LogP contribution in [0.15, 0.2) is 0 Å². The van der Waals surface area contributed by atoms with Gasteiger partial charge in [0, 0.05) is 18.1 Å². The first-order valence-electron chi connectivity index (χ1n) is 5.78. The molecule has 0 aromatic carbocycles. The fourth-order valence-corrected chi connectivity index (χ4v) is 2.93. The van der Waals surface area contributed by atoms with Crippen LogP contribution in [0.3, 0.4) is 0 Å². The minimum atomic E-state index is 0.731. The molecular formula is C11H22N2. The maximum Gasteiger partial charge on any atom is 0.0252 e. The molecule has 0 amide bonds. The Balaban J connectivity index is 1.96. The topological polar surface area (TPSA) is 15.3 Å². The molecule has 0 spiro atoms. The summed E-state index contributed by atoms with van der Waals surface area (Å²) in [6.45, 7) is 7.22. The highest BCUT2D eigenvalue weighted by Crippen LogP contribution is 2.26. The first kappa shape index (κ1) is 9.47. The first-order chi connectivity index (χ1) is 6.29. The fourth-order valence-electron chi connectivity index (χ4n) is 2.93. The Morgan fingerprint density at radius 1 is 1.23 bits per heavy atom. The molecule has 0 aromatic rings. The van der Waals surface area contributed by atoms with E-state index < -0.39 is 0 Å². The molecule has 2 nitrogen and oxygen atoms in total. The van der Waals surface area contributed by atoms with E-state index >= 15 is 0 Å². The summed E-state index contributed by atoms with van der Waals surface area (Å²) in [5.41, 5.74) is 0. The van der Waals surface area contributed by atoms with Gasteiger partial charge < -0.3 is 5.32 Å². The number of nitrogens with one attached hydrogen (secondary N) is 1. The van der Waals surface area contributed by atoms with Crippen LogP contribution in [0, 0.1) is 0 Å². The van der Waals surface area contributed by atoms with E-state index in [2.05, 4.69) is 24.1 Å². The molecule has 13 heavy (non-hydrogen) atoms. The molecule has 0 radical (unpaired) electrons. The van der Waals surface area contributed by atoms with E-state index in [1.807, 2.05) is 0 Å². The molecule has 1 N–H and O–H groups in total. The first-order valence-corrected chi connectivity index (χ1v) is 5.78. The summed E-state index contributed by atoms with van der Waals surface area (Å²) in [5.74, 6) is 0. The van der Waals surface area contributed by atoms with Gasteiger partial charge in [0.15, 0.2) is 0 Å². The normalized spacial score (nSPS) is 36.2. The SMILES string of the molecule is CC(C)N1CCC[C@H]1[C@@H]1CCCN1. The average Bonchev–Trinajstić information content (AvgIpc) is 2.74. The van der Waals surface area contributed by atoms with Crippen LogP contribution in [0.4, 0.5) is 0 Å². The minimum Gasteiger partial charge on any atom is -0.312 e. The van der Waals surface area contributed by atoms with Crippen molar-refractivity contribution in [2.24, 2.45) is 0 Å². The van der Waals surface area contributed by atoms with E-state index in [0.29, 0.717) is 0 Å². The second kappa shape index (κ2) is 3.97. The molecule has 0 saturated carbocycles. The van der Waals surface area contributed by atoms with Crippen molar-refractivity contribution in [3.8, 4) is 0 Å². The van der Waals surface area contributed by atoms with E-state index in [1.54, 1.807) is 0 Å². The van der Waals surface area contributed by atoms with Gasteiger partial charge in [-0.15, -0.1) is 0 Å². The molecule has 0 unspecified atom stereocenters. The van der Waals surface area contributed by atoms with Crippen LogP contribution < -0.4 is 5.32 Å². The smallest absolute Gasteiger partial charge is 0.0252 e. The number of likely N-dealkylation sites (tertiary alicyclic amines) is 1. The van der Waals surface area contributed by atoms with Crippen molar-refractivity contribution in [1.29, 1.82) is 0 Å². The Morgan fingerprint density at radius 3 is 2.69 bits per heavy atom. The Labute approximate surface area is 81.7 Å². The van der Waals surface area contributed by atoms with Gasteiger partial charge in [0.05, 0.1) is 0 Å².